The van der Waals surface area contributed by atoms with Gasteiger partial charge in [0.2, 0.25) is 0 Å². The van der Waals surface area contributed by atoms with Gasteiger partial charge in [-0.25, -0.2) is 9.59 Å². The molecule has 6 aromatic rings. The Hall–Kier alpha value is -5.52. The van der Waals surface area contributed by atoms with Crippen LogP contribution in [0.25, 0.3) is 21.9 Å². The van der Waals surface area contributed by atoms with Crippen LogP contribution in [0.4, 0.5) is 11.4 Å². The second-order valence-corrected chi connectivity index (χ2v) is 11.7. The Bertz CT molecular complexity index is 2230. The maximum Gasteiger partial charge on any atom is 0.340 e. The van der Waals surface area contributed by atoms with Crippen molar-refractivity contribution in [2.45, 2.75) is 26.7 Å². The standard InChI is InChI=1S/C34H22Cl2N2O9/c1-17-23-13-27(35)31(15-29(23)46-33(39)25(17)11-19-5-3-7-21(9-19)37(41)42)45-32-16-30-24(14-28(32)36)18(2)26(34(40)47-30)12-20-6-4-8-22(10-20)38(43)44/h3-10,13-16H,11-12H2,1-2H3. The highest BCUT2D eigenvalue weighted by Gasteiger charge is 2.20. The average Bonchev–Trinajstić information content (AvgIpc) is 3.03. The van der Waals surface area contributed by atoms with Crippen LogP contribution in [0.1, 0.15) is 33.4 Å². The first-order valence-electron chi connectivity index (χ1n) is 14.1. The highest BCUT2D eigenvalue weighted by Crippen LogP contribution is 2.39. The maximum atomic E-state index is 13.0. The van der Waals surface area contributed by atoms with Crippen molar-refractivity contribution < 1.29 is 23.4 Å². The number of non-ortho nitro benzene ring substituents is 2. The van der Waals surface area contributed by atoms with Crippen LogP contribution in [0, 0.1) is 34.1 Å². The summed E-state index contributed by atoms with van der Waals surface area (Å²) in [6, 6.07) is 18.1. The molecule has 0 spiro atoms. The first-order chi connectivity index (χ1) is 22.4. The number of nitro groups is 2. The molecule has 0 aliphatic heterocycles. The molecule has 47 heavy (non-hydrogen) atoms. The molecule has 0 radical (unpaired) electrons. The Morgan fingerprint density at radius 3 is 1.45 bits per heavy atom. The molecule has 0 aliphatic rings. The van der Waals surface area contributed by atoms with Crippen LogP contribution in [0.15, 0.2) is 91.2 Å². The predicted molar refractivity (Wildman–Crippen MR) is 176 cm³/mol. The SMILES string of the molecule is Cc1c(Cc2cccc([N+](=O)[O-])c2)c(=O)oc2cc(Oc3cc4oc(=O)c(Cc5cccc([N+](=O)[O-])c5)c(C)c4cc3Cl)c(Cl)cc12. The van der Waals surface area contributed by atoms with Crippen LogP contribution in [0.3, 0.4) is 0 Å². The molecule has 0 saturated heterocycles. The molecule has 0 N–H and O–H groups in total. The van der Waals surface area contributed by atoms with E-state index in [-0.39, 0.29) is 56.9 Å². The Morgan fingerprint density at radius 1 is 0.660 bits per heavy atom. The van der Waals surface area contributed by atoms with Gasteiger partial charge in [0, 0.05) is 71.1 Å². The number of hydrogen-bond donors (Lipinski definition) is 0. The summed E-state index contributed by atoms with van der Waals surface area (Å²) in [5.41, 5.74) is 1.99. The van der Waals surface area contributed by atoms with E-state index in [9.17, 15) is 29.8 Å². The van der Waals surface area contributed by atoms with Gasteiger partial charge in [-0.05, 0) is 48.2 Å². The summed E-state index contributed by atoms with van der Waals surface area (Å²) in [5.74, 6) is 0.242. The van der Waals surface area contributed by atoms with Gasteiger partial charge in [-0.3, -0.25) is 20.2 Å². The number of halogens is 2. The molecule has 0 fully saturated rings. The van der Waals surface area contributed by atoms with Crippen molar-refractivity contribution in [3.63, 3.8) is 0 Å². The van der Waals surface area contributed by atoms with E-state index >= 15 is 0 Å². The maximum absolute atomic E-state index is 13.0. The molecule has 6 rings (SSSR count). The highest BCUT2D eigenvalue weighted by atomic mass is 35.5. The highest BCUT2D eigenvalue weighted by molar-refractivity contribution is 6.33. The molecule has 13 heteroatoms. The largest absolute Gasteiger partial charge is 0.454 e. The predicted octanol–water partition coefficient (Wildman–Crippen LogP) is 8.61. The number of nitrogens with zero attached hydrogens (tertiary/aromatic N) is 2. The van der Waals surface area contributed by atoms with Crippen LogP contribution in [0.5, 0.6) is 11.5 Å². The van der Waals surface area contributed by atoms with Crippen molar-refractivity contribution in [3.8, 4) is 11.5 Å². The van der Waals surface area contributed by atoms with Crippen molar-refractivity contribution in [2.24, 2.45) is 0 Å². The summed E-state index contributed by atoms with van der Waals surface area (Å²) >= 11 is 13.2. The summed E-state index contributed by atoms with van der Waals surface area (Å²) in [4.78, 5) is 47.4. The van der Waals surface area contributed by atoms with Crippen LogP contribution in [-0.4, -0.2) is 9.85 Å². The summed E-state index contributed by atoms with van der Waals surface area (Å²) in [6.45, 7) is 3.47. The molecule has 11 nitrogen and oxygen atoms in total. The fourth-order valence-electron chi connectivity index (χ4n) is 5.43. The van der Waals surface area contributed by atoms with Gasteiger partial charge in [-0.2, -0.15) is 0 Å². The van der Waals surface area contributed by atoms with Gasteiger partial charge >= 0.3 is 11.3 Å². The van der Waals surface area contributed by atoms with Crippen LogP contribution < -0.4 is 16.0 Å². The molecule has 0 amide bonds. The molecule has 0 unspecified atom stereocenters. The summed E-state index contributed by atoms with van der Waals surface area (Å²) in [7, 11) is 0. The number of hydrogen-bond acceptors (Lipinski definition) is 9. The van der Waals surface area contributed by atoms with Crippen molar-refractivity contribution in [1.29, 1.82) is 0 Å². The number of fused-ring (bicyclic) bond motifs is 2. The lowest BCUT2D eigenvalue weighted by molar-refractivity contribution is -0.385. The third kappa shape index (κ3) is 6.18. The van der Waals surface area contributed by atoms with E-state index in [4.69, 9.17) is 36.8 Å². The average molecular weight is 673 g/mol. The van der Waals surface area contributed by atoms with E-state index in [2.05, 4.69) is 0 Å². The lowest BCUT2D eigenvalue weighted by Crippen LogP contribution is -2.11. The summed E-state index contributed by atoms with van der Waals surface area (Å²) in [6.07, 6.45) is 0.234. The number of nitro benzene ring substituents is 2. The van der Waals surface area contributed by atoms with Crippen molar-refractivity contribution in [1.82, 2.24) is 0 Å². The first-order valence-corrected chi connectivity index (χ1v) is 14.8. The minimum Gasteiger partial charge on any atom is -0.454 e. The second-order valence-electron chi connectivity index (χ2n) is 10.9. The number of benzene rings is 4. The molecular weight excluding hydrogens is 651 g/mol. The molecule has 236 valence electrons. The van der Waals surface area contributed by atoms with Gasteiger partial charge in [-0.15, -0.1) is 0 Å². The van der Waals surface area contributed by atoms with E-state index in [1.165, 1.54) is 36.4 Å². The van der Waals surface area contributed by atoms with Crippen molar-refractivity contribution in [3.05, 3.63) is 157 Å². The quantitative estimate of drug-likeness (QED) is 0.0877. The molecule has 0 aliphatic carbocycles. The van der Waals surface area contributed by atoms with Crippen molar-refractivity contribution >= 4 is 56.5 Å². The van der Waals surface area contributed by atoms with E-state index < -0.39 is 21.1 Å². The van der Waals surface area contributed by atoms with Gasteiger partial charge < -0.3 is 13.6 Å². The smallest absolute Gasteiger partial charge is 0.340 e. The fraction of sp³-hybridized carbons (Fsp3) is 0.118. The number of ether oxygens (including phenoxy) is 1. The van der Waals surface area contributed by atoms with E-state index in [1.807, 2.05) is 0 Å². The molecule has 0 saturated carbocycles. The molecule has 2 aromatic heterocycles. The zero-order valence-electron chi connectivity index (χ0n) is 24.7. The van der Waals surface area contributed by atoms with E-state index in [0.29, 0.717) is 44.2 Å². The third-order valence-electron chi connectivity index (χ3n) is 7.90. The van der Waals surface area contributed by atoms with Crippen LogP contribution >= 0.6 is 23.2 Å². The Labute approximate surface area is 274 Å². The van der Waals surface area contributed by atoms with Gasteiger partial charge in [0.15, 0.2) is 0 Å². The zero-order chi connectivity index (χ0) is 33.6. The fourth-order valence-corrected chi connectivity index (χ4v) is 5.84. The molecule has 4 aromatic carbocycles. The van der Waals surface area contributed by atoms with Crippen LogP contribution in [0.2, 0.25) is 10.0 Å². The second kappa shape index (κ2) is 12.3. The Morgan fingerprint density at radius 2 is 1.06 bits per heavy atom. The van der Waals surface area contributed by atoms with Crippen LogP contribution in [-0.2, 0) is 12.8 Å². The van der Waals surface area contributed by atoms with E-state index in [1.54, 1.807) is 50.2 Å². The normalized spacial score (nSPS) is 11.2. The topological polar surface area (TPSA) is 156 Å². The lowest BCUT2D eigenvalue weighted by Gasteiger charge is -2.14. The van der Waals surface area contributed by atoms with Crippen molar-refractivity contribution in [2.75, 3.05) is 0 Å². The Balaban J connectivity index is 1.33. The minimum atomic E-state index is -0.614. The van der Waals surface area contributed by atoms with E-state index in [0.717, 1.165) is 0 Å². The van der Waals surface area contributed by atoms with Gasteiger partial charge in [-0.1, -0.05) is 47.5 Å². The molecule has 0 atom stereocenters. The molecular formula is C34H22Cl2N2O9. The molecule has 2 heterocycles. The third-order valence-corrected chi connectivity index (χ3v) is 8.49. The first kappa shape index (κ1) is 31.5. The van der Waals surface area contributed by atoms with Gasteiger partial charge in [0.05, 0.1) is 19.9 Å². The lowest BCUT2D eigenvalue weighted by atomic mass is 9.99. The monoisotopic (exact) mass is 672 g/mol. The van der Waals surface area contributed by atoms with Gasteiger partial charge in [0.1, 0.15) is 22.7 Å². The number of aryl methyl sites for hydroxylation is 2. The summed E-state index contributed by atoms with van der Waals surface area (Å²) in [5, 5.41) is 23.8. The molecule has 0 bridgehead atoms. The summed E-state index contributed by atoms with van der Waals surface area (Å²) < 4.78 is 17.2. The van der Waals surface area contributed by atoms with Gasteiger partial charge in [0.25, 0.3) is 11.4 Å². The zero-order valence-corrected chi connectivity index (χ0v) is 26.2. The Kier molecular flexibility index (Phi) is 8.27. The minimum absolute atomic E-state index is 0.0853. The number of rotatable bonds is 8.